The average Bonchev–Trinajstić information content (AvgIpc) is 2.84. The summed E-state index contributed by atoms with van der Waals surface area (Å²) < 4.78 is 7.88. The van der Waals surface area contributed by atoms with Crippen molar-refractivity contribution in [2.24, 2.45) is 0 Å². The highest BCUT2D eigenvalue weighted by Gasteiger charge is 2.22. The van der Waals surface area contributed by atoms with Gasteiger partial charge in [-0.25, -0.2) is 4.79 Å². The maximum Gasteiger partial charge on any atom is 0.356 e. The molecule has 3 rings (SSSR count). The molecule has 0 saturated heterocycles. The Balaban J connectivity index is 2.15. The van der Waals surface area contributed by atoms with Crippen molar-refractivity contribution in [1.29, 1.82) is 0 Å². The van der Waals surface area contributed by atoms with Crippen molar-refractivity contribution in [2.45, 2.75) is 13.5 Å². The summed E-state index contributed by atoms with van der Waals surface area (Å²) in [5.74, 6) is -0.361. The van der Waals surface area contributed by atoms with Crippen molar-refractivity contribution in [3.63, 3.8) is 0 Å². The minimum absolute atomic E-state index is 0.319. The number of ether oxygens (including phenoxy) is 1. The van der Waals surface area contributed by atoms with Crippen LogP contribution in [0.15, 0.2) is 46.9 Å². The zero-order valence-corrected chi connectivity index (χ0v) is 16.0. The third kappa shape index (κ3) is 3.18. The number of aromatic nitrogens is 1. The van der Waals surface area contributed by atoms with Gasteiger partial charge in [-0.05, 0) is 46.6 Å². The second-order valence-corrected chi connectivity index (χ2v) is 6.84. The van der Waals surface area contributed by atoms with Gasteiger partial charge < -0.3 is 9.30 Å². The van der Waals surface area contributed by atoms with Crippen LogP contribution in [0, 0.1) is 0 Å². The largest absolute Gasteiger partial charge is 0.461 e. The normalized spacial score (nSPS) is 11.0. The summed E-state index contributed by atoms with van der Waals surface area (Å²) in [7, 11) is 0. The van der Waals surface area contributed by atoms with Gasteiger partial charge in [0.25, 0.3) is 0 Å². The number of esters is 1. The average molecular weight is 427 g/mol. The van der Waals surface area contributed by atoms with Gasteiger partial charge in [0.1, 0.15) is 5.69 Å². The number of halogens is 3. The lowest BCUT2D eigenvalue weighted by Crippen LogP contribution is -2.13. The first kappa shape index (κ1) is 17.3. The van der Waals surface area contributed by atoms with E-state index in [0.717, 1.165) is 20.9 Å². The Morgan fingerprint density at radius 2 is 1.92 bits per heavy atom. The molecule has 0 N–H and O–H groups in total. The number of hydrogen-bond donors (Lipinski definition) is 0. The SMILES string of the molecule is CCOC(=O)c1c(Br)c2ccccc2n1Cc1ccc(Cl)c(Cl)c1. The summed E-state index contributed by atoms with van der Waals surface area (Å²) in [6.07, 6.45) is 0. The fraction of sp³-hybridized carbons (Fsp3) is 0.167. The molecule has 6 heteroatoms. The molecule has 24 heavy (non-hydrogen) atoms. The van der Waals surface area contributed by atoms with Crippen molar-refractivity contribution in [3.05, 3.63) is 68.2 Å². The van der Waals surface area contributed by atoms with Crippen LogP contribution in [-0.2, 0) is 11.3 Å². The number of benzene rings is 2. The molecule has 0 saturated carbocycles. The smallest absolute Gasteiger partial charge is 0.356 e. The maximum atomic E-state index is 12.4. The first-order valence-electron chi connectivity index (χ1n) is 7.40. The van der Waals surface area contributed by atoms with E-state index in [0.29, 0.717) is 28.9 Å². The summed E-state index contributed by atoms with van der Waals surface area (Å²) >= 11 is 15.6. The Morgan fingerprint density at radius 3 is 2.62 bits per heavy atom. The molecule has 0 aliphatic rings. The van der Waals surface area contributed by atoms with Crippen molar-refractivity contribution >= 4 is 56.0 Å². The summed E-state index contributed by atoms with van der Waals surface area (Å²) in [6.45, 7) is 2.59. The maximum absolute atomic E-state index is 12.4. The molecule has 3 aromatic rings. The van der Waals surface area contributed by atoms with Crippen LogP contribution in [0.5, 0.6) is 0 Å². The zero-order chi connectivity index (χ0) is 17.3. The quantitative estimate of drug-likeness (QED) is 0.483. The van der Waals surface area contributed by atoms with E-state index in [4.69, 9.17) is 27.9 Å². The third-order valence-corrected chi connectivity index (χ3v) is 5.24. The van der Waals surface area contributed by atoms with Crippen molar-refractivity contribution in [3.8, 4) is 0 Å². The highest BCUT2D eigenvalue weighted by Crippen LogP contribution is 2.33. The van der Waals surface area contributed by atoms with Gasteiger partial charge in [0, 0.05) is 11.9 Å². The Kier molecular flexibility index (Phi) is 5.18. The number of hydrogen-bond acceptors (Lipinski definition) is 2. The number of rotatable bonds is 4. The van der Waals surface area contributed by atoms with Crippen LogP contribution < -0.4 is 0 Å². The predicted octanol–water partition coefficient (Wildman–Crippen LogP) is 5.94. The van der Waals surface area contributed by atoms with Gasteiger partial charge in [-0.3, -0.25) is 0 Å². The van der Waals surface area contributed by atoms with E-state index in [9.17, 15) is 4.79 Å². The molecule has 0 radical (unpaired) electrons. The highest BCUT2D eigenvalue weighted by molar-refractivity contribution is 9.10. The van der Waals surface area contributed by atoms with E-state index >= 15 is 0 Å². The molecule has 0 bridgehead atoms. The molecular formula is C18H14BrCl2NO2. The number of fused-ring (bicyclic) bond motifs is 1. The van der Waals surface area contributed by atoms with Crippen LogP contribution in [0.1, 0.15) is 23.0 Å². The minimum atomic E-state index is -0.361. The second kappa shape index (κ2) is 7.18. The van der Waals surface area contributed by atoms with E-state index < -0.39 is 0 Å². The number of carbonyl (C=O) groups is 1. The molecule has 0 atom stereocenters. The van der Waals surface area contributed by atoms with Gasteiger partial charge in [-0.15, -0.1) is 0 Å². The van der Waals surface area contributed by atoms with Gasteiger partial charge in [-0.2, -0.15) is 0 Å². The van der Waals surface area contributed by atoms with Crippen LogP contribution in [0.25, 0.3) is 10.9 Å². The third-order valence-electron chi connectivity index (χ3n) is 3.70. The molecule has 0 fully saturated rings. The van der Waals surface area contributed by atoms with Crippen LogP contribution in [0.3, 0.4) is 0 Å². The standard InChI is InChI=1S/C18H14BrCl2NO2/c1-2-24-18(23)17-16(19)12-5-3-4-6-15(12)22(17)10-11-7-8-13(20)14(21)9-11/h3-9H,2,10H2,1H3. The second-order valence-electron chi connectivity index (χ2n) is 5.23. The lowest BCUT2D eigenvalue weighted by Gasteiger charge is -2.11. The van der Waals surface area contributed by atoms with Gasteiger partial charge in [0.2, 0.25) is 0 Å². The van der Waals surface area contributed by atoms with Crippen molar-refractivity contribution in [2.75, 3.05) is 6.61 Å². The van der Waals surface area contributed by atoms with Gasteiger partial charge in [0.05, 0.1) is 26.6 Å². The molecule has 1 heterocycles. The molecule has 0 unspecified atom stereocenters. The van der Waals surface area contributed by atoms with Crippen LogP contribution in [0.2, 0.25) is 10.0 Å². The lowest BCUT2D eigenvalue weighted by molar-refractivity contribution is 0.0514. The first-order chi connectivity index (χ1) is 11.5. The van der Waals surface area contributed by atoms with E-state index in [-0.39, 0.29) is 5.97 Å². The van der Waals surface area contributed by atoms with E-state index in [1.807, 2.05) is 41.0 Å². The summed E-state index contributed by atoms with van der Waals surface area (Å²) in [5.41, 5.74) is 2.38. The Morgan fingerprint density at radius 1 is 1.17 bits per heavy atom. The molecule has 2 aromatic carbocycles. The number of para-hydroxylation sites is 1. The first-order valence-corrected chi connectivity index (χ1v) is 8.95. The monoisotopic (exact) mass is 425 g/mol. The molecule has 0 amide bonds. The topological polar surface area (TPSA) is 31.2 Å². The molecule has 124 valence electrons. The van der Waals surface area contributed by atoms with Crippen molar-refractivity contribution < 1.29 is 9.53 Å². The fourth-order valence-electron chi connectivity index (χ4n) is 2.65. The fourth-order valence-corrected chi connectivity index (χ4v) is 3.68. The molecule has 3 nitrogen and oxygen atoms in total. The van der Waals surface area contributed by atoms with Crippen molar-refractivity contribution in [1.82, 2.24) is 4.57 Å². The summed E-state index contributed by atoms with van der Waals surface area (Å²) in [5, 5.41) is 1.95. The zero-order valence-electron chi connectivity index (χ0n) is 12.9. The molecule has 0 aliphatic carbocycles. The number of carbonyl (C=O) groups excluding carboxylic acids is 1. The van der Waals surface area contributed by atoms with Crippen LogP contribution in [0.4, 0.5) is 0 Å². The van der Waals surface area contributed by atoms with Crippen LogP contribution in [-0.4, -0.2) is 17.1 Å². The minimum Gasteiger partial charge on any atom is -0.461 e. The Hall–Kier alpha value is -1.49. The summed E-state index contributed by atoms with van der Waals surface area (Å²) in [6, 6.07) is 13.3. The Bertz CT molecular complexity index is 921. The predicted molar refractivity (Wildman–Crippen MR) is 101 cm³/mol. The molecule has 0 aliphatic heterocycles. The van der Waals surface area contributed by atoms with E-state index in [1.165, 1.54) is 0 Å². The molecule has 1 aromatic heterocycles. The number of nitrogens with zero attached hydrogens (tertiary/aromatic N) is 1. The van der Waals surface area contributed by atoms with E-state index in [1.54, 1.807) is 13.0 Å². The molecule has 0 spiro atoms. The van der Waals surface area contributed by atoms with Gasteiger partial charge >= 0.3 is 5.97 Å². The summed E-state index contributed by atoms with van der Waals surface area (Å²) in [4.78, 5) is 12.4. The molecular weight excluding hydrogens is 413 g/mol. The highest BCUT2D eigenvalue weighted by atomic mass is 79.9. The Labute approximate surface area is 158 Å². The lowest BCUT2D eigenvalue weighted by atomic mass is 10.2. The van der Waals surface area contributed by atoms with Gasteiger partial charge in [0.15, 0.2) is 0 Å². The van der Waals surface area contributed by atoms with Gasteiger partial charge in [-0.1, -0.05) is 47.5 Å². The van der Waals surface area contributed by atoms with E-state index in [2.05, 4.69) is 15.9 Å². The van der Waals surface area contributed by atoms with Crippen LogP contribution >= 0.6 is 39.1 Å².